The normalized spacial score (nSPS) is 10.6. The number of methoxy groups -OCH3 is 1. The van der Waals surface area contributed by atoms with Crippen molar-refractivity contribution in [1.29, 1.82) is 0 Å². The summed E-state index contributed by atoms with van der Waals surface area (Å²) >= 11 is 1.58. The average Bonchev–Trinajstić information content (AvgIpc) is 3.17. The summed E-state index contributed by atoms with van der Waals surface area (Å²) < 4.78 is 10.4. The summed E-state index contributed by atoms with van der Waals surface area (Å²) in [4.78, 5) is 31.7. The summed E-state index contributed by atoms with van der Waals surface area (Å²) in [5, 5.41) is 2.76. The van der Waals surface area contributed by atoms with Crippen molar-refractivity contribution in [3.05, 3.63) is 57.9 Å². The first-order valence-electron chi connectivity index (χ1n) is 8.37. The number of fused-ring (bicyclic) bond motifs is 1. The third kappa shape index (κ3) is 4.43. The second-order valence-corrected chi connectivity index (χ2v) is 7.12. The predicted octanol–water partition coefficient (Wildman–Crippen LogP) is 3.43. The maximum Gasteiger partial charge on any atom is 0.340 e. The van der Waals surface area contributed by atoms with Gasteiger partial charge < -0.3 is 14.4 Å². The van der Waals surface area contributed by atoms with Gasteiger partial charge in [-0.2, -0.15) is 0 Å². The Labute approximate surface area is 161 Å². The van der Waals surface area contributed by atoms with Crippen molar-refractivity contribution < 1.29 is 19.1 Å². The highest BCUT2D eigenvalue weighted by Gasteiger charge is 2.17. The number of rotatable bonds is 6. The van der Waals surface area contributed by atoms with Crippen molar-refractivity contribution in [1.82, 2.24) is 9.88 Å². The van der Waals surface area contributed by atoms with Gasteiger partial charge in [-0.1, -0.05) is 6.07 Å². The molecular formula is C20H20N2O4S. The van der Waals surface area contributed by atoms with Crippen LogP contribution in [0.5, 0.6) is 5.75 Å². The number of aryl methyl sites for hydroxylation is 1. The summed E-state index contributed by atoms with van der Waals surface area (Å²) in [5.41, 5.74) is 1.62. The molecule has 3 rings (SSSR count). The van der Waals surface area contributed by atoms with Gasteiger partial charge in [-0.3, -0.25) is 9.78 Å². The van der Waals surface area contributed by atoms with Gasteiger partial charge in [0.05, 0.1) is 30.4 Å². The van der Waals surface area contributed by atoms with Crippen LogP contribution >= 0.6 is 11.3 Å². The highest BCUT2D eigenvalue weighted by atomic mass is 32.1. The Bertz CT molecular complexity index is 970. The summed E-state index contributed by atoms with van der Waals surface area (Å²) in [6.45, 7) is 1.92. The largest absolute Gasteiger partial charge is 0.497 e. The predicted molar refractivity (Wildman–Crippen MR) is 104 cm³/mol. The van der Waals surface area contributed by atoms with Crippen molar-refractivity contribution in [3.8, 4) is 5.75 Å². The fourth-order valence-corrected chi connectivity index (χ4v) is 3.37. The van der Waals surface area contributed by atoms with Crippen LogP contribution in [0, 0.1) is 6.92 Å². The molecule has 0 aliphatic rings. The Morgan fingerprint density at radius 1 is 1.22 bits per heavy atom. The molecule has 0 saturated heterocycles. The molecule has 0 saturated carbocycles. The Morgan fingerprint density at radius 2 is 2.04 bits per heavy atom. The number of esters is 1. The number of benzene rings is 1. The molecular weight excluding hydrogens is 364 g/mol. The second kappa shape index (κ2) is 8.18. The Morgan fingerprint density at radius 3 is 2.74 bits per heavy atom. The molecule has 0 atom stereocenters. The first-order chi connectivity index (χ1) is 13.0. The first-order valence-corrected chi connectivity index (χ1v) is 9.24. The molecule has 1 aromatic carbocycles. The van der Waals surface area contributed by atoms with Crippen molar-refractivity contribution >= 4 is 34.1 Å². The molecule has 2 aromatic heterocycles. The quantitative estimate of drug-likeness (QED) is 0.609. The second-order valence-electron chi connectivity index (χ2n) is 6.09. The van der Waals surface area contributed by atoms with Gasteiger partial charge in [0.1, 0.15) is 5.75 Å². The molecule has 6 nitrogen and oxygen atoms in total. The summed E-state index contributed by atoms with van der Waals surface area (Å²) in [5.74, 6) is -0.118. The average molecular weight is 384 g/mol. The molecule has 0 aliphatic heterocycles. The topological polar surface area (TPSA) is 68.7 Å². The van der Waals surface area contributed by atoms with E-state index in [4.69, 9.17) is 9.47 Å². The number of hydrogen-bond donors (Lipinski definition) is 0. The number of nitrogens with zero attached hydrogens (tertiary/aromatic N) is 2. The van der Waals surface area contributed by atoms with E-state index in [0.717, 1.165) is 15.8 Å². The van der Waals surface area contributed by atoms with Crippen molar-refractivity contribution in [3.63, 3.8) is 0 Å². The smallest absolute Gasteiger partial charge is 0.340 e. The van der Waals surface area contributed by atoms with Crippen LogP contribution in [0.3, 0.4) is 0 Å². The number of amides is 1. The molecule has 0 unspecified atom stereocenters. The van der Waals surface area contributed by atoms with Gasteiger partial charge in [0, 0.05) is 23.4 Å². The SMILES string of the molecule is COc1ccc2cc(C(=O)OCC(=O)N(C)Cc3cccs3)c(C)nc2c1. The Kier molecular flexibility index (Phi) is 5.71. The zero-order valence-corrected chi connectivity index (χ0v) is 16.2. The van der Waals surface area contributed by atoms with E-state index < -0.39 is 5.97 Å². The van der Waals surface area contributed by atoms with Crippen LogP contribution in [0.1, 0.15) is 20.9 Å². The van der Waals surface area contributed by atoms with Gasteiger partial charge in [-0.15, -0.1) is 11.3 Å². The standard InChI is InChI=1S/C20H20N2O4S/c1-13-17(9-14-6-7-15(25-3)10-18(14)21-13)20(24)26-12-19(23)22(2)11-16-5-4-8-27-16/h4-10H,11-12H2,1-3H3. The van der Waals surface area contributed by atoms with Gasteiger partial charge >= 0.3 is 5.97 Å². The molecule has 0 N–H and O–H groups in total. The van der Waals surface area contributed by atoms with E-state index in [1.54, 1.807) is 50.6 Å². The van der Waals surface area contributed by atoms with E-state index in [1.165, 1.54) is 4.90 Å². The Hall–Kier alpha value is -2.93. The number of aromatic nitrogens is 1. The number of likely N-dealkylation sites (N-methyl/N-ethyl adjacent to an activating group) is 1. The fourth-order valence-electron chi connectivity index (χ4n) is 2.62. The highest BCUT2D eigenvalue weighted by molar-refractivity contribution is 7.09. The lowest BCUT2D eigenvalue weighted by Crippen LogP contribution is -2.30. The maximum atomic E-state index is 12.4. The van der Waals surface area contributed by atoms with Crippen LogP contribution in [0.4, 0.5) is 0 Å². The van der Waals surface area contributed by atoms with Gasteiger partial charge in [0.25, 0.3) is 5.91 Å². The van der Waals surface area contributed by atoms with Gasteiger partial charge in [0.2, 0.25) is 0 Å². The van der Waals surface area contributed by atoms with E-state index in [-0.39, 0.29) is 12.5 Å². The van der Waals surface area contributed by atoms with E-state index in [1.807, 2.05) is 23.6 Å². The molecule has 0 radical (unpaired) electrons. The van der Waals surface area contributed by atoms with Crippen LogP contribution in [0.2, 0.25) is 0 Å². The minimum atomic E-state index is -0.560. The molecule has 27 heavy (non-hydrogen) atoms. The van der Waals surface area contributed by atoms with Crippen molar-refractivity contribution in [2.75, 3.05) is 20.8 Å². The van der Waals surface area contributed by atoms with Gasteiger partial charge in [-0.05, 0) is 36.6 Å². The number of pyridine rings is 1. The summed E-state index contributed by atoms with van der Waals surface area (Å²) in [7, 11) is 3.28. The third-order valence-electron chi connectivity index (χ3n) is 4.16. The number of carbonyl (C=O) groups excluding carboxylic acids is 2. The van der Waals surface area contributed by atoms with E-state index in [0.29, 0.717) is 23.6 Å². The van der Waals surface area contributed by atoms with E-state index in [2.05, 4.69) is 4.98 Å². The van der Waals surface area contributed by atoms with E-state index >= 15 is 0 Å². The lowest BCUT2D eigenvalue weighted by molar-refractivity contribution is -0.133. The van der Waals surface area contributed by atoms with Gasteiger partial charge in [-0.25, -0.2) is 4.79 Å². The zero-order chi connectivity index (χ0) is 19.4. The molecule has 0 bridgehead atoms. The number of hydrogen-bond acceptors (Lipinski definition) is 6. The first kappa shape index (κ1) is 18.8. The molecule has 0 fully saturated rings. The monoisotopic (exact) mass is 384 g/mol. The lowest BCUT2D eigenvalue weighted by atomic mass is 10.1. The molecule has 140 valence electrons. The van der Waals surface area contributed by atoms with Crippen molar-refractivity contribution in [2.24, 2.45) is 0 Å². The number of carbonyl (C=O) groups is 2. The highest BCUT2D eigenvalue weighted by Crippen LogP contribution is 2.22. The minimum absolute atomic E-state index is 0.257. The van der Waals surface area contributed by atoms with Gasteiger partial charge in [0.15, 0.2) is 6.61 Å². The number of ether oxygens (including phenoxy) is 2. The summed E-state index contributed by atoms with van der Waals surface area (Å²) in [6, 6.07) is 11.1. The molecule has 3 aromatic rings. The van der Waals surface area contributed by atoms with Crippen LogP contribution in [-0.4, -0.2) is 42.5 Å². The number of thiophene rings is 1. The fraction of sp³-hybridized carbons (Fsp3) is 0.250. The van der Waals surface area contributed by atoms with Crippen LogP contribution in [0.15, 0.2) is 41.8 Å². The molecule has 7 heteroatoms. The lowest BCUT2D eigenvalue weighted by Gasteiger charge is -2.16. The zero-order valence-electron chi connectivity index (χ0n) is 15.4. The summed E-state index contributed by atoms with van der Waals surface area (Å²) in [6.07, 6.45) is 0. The van der Waals surface area contributed by atoms with Crippen molar-refractivity contribution in [2.45, 2.75) is 13.5 Å². The minimum Gasteiger partial charge on any atom is -0.497 e. The molecule has 2 heterocycles. The van der Waals surface area contributed by atoms with Crippen LogP contribution < -0.4 is 4.74 Å². The van der Waals surface area contributed by atoms with E-state index in [9.17, 15) is 9.59 Å². The third-order valence-corrected chi connectivity index (χ3v) is 5.02. The molecule has 0 spiro atoms. The molecule has 1 amide bonds. The van der Waals surface area contributed by atoms with Crippen LogP contribution in [0.25, 0.3) is 10.9 Å². The van der Waals surface area contributed by atoms with Crippen LogP contribution in [-0.2, 0) is 16.1 Å². The molecule has 0 aliphatic carbocycles. The maximum absolute atomic E-state index is 12.4. The Balaban J connectivity index is 1.66.